The number of imide groups is 1. The number of likely N-dealkylation sites (tertiary alicyclic amines) is 1. The third-order valence-corrected chi connectivity index (χ3v) is 1.61. The lowest BCUT2D eigenvalue weighted by Crippen LogP contribution is -2.35. The van der Waals surface area contributed by atoms with Crippen molar-refractivity contribution in [2.24, 2.45) is 0 Å². The van der Waals surface area contributed by atoms with Gasteiger partial charge < -0.3 is 0 Å². The van der Waals surface area contributed by atoms with Crippen LogP contribution in [-0.4, -0.2) is 22.8 Å². The Morgan fingerprint density at radius 2 is 1.60 bits per heavy atom. The first-order chi connectivity index (χ1) is 4.63. The van der Waals surface area contributed by atoms with Crippen LogP contribution in [0.25, 0.3) is 0 Å². The smallest absolute Gasteiger partial charge is 0.229 e. The summed E-state index contributed by atoms with van der Waals surface area (Å²) < 4.78 is 0. The third kappa shape index (κ3) is 1.03. The summed E-state index contributed by atoms with van der Waals surface area (Å²) in [6, 6.07) is 0.0301. The molecule has 1 rings (SSSR count). The van der Waals surface area contributed by atoms with E-state index in [0.29, 0.717) is 12.8 Å². The van der Waals surface area contributed by atoms with Crippen molar-refractivity contribution in [3.05, 3.63) is 0 Å². The largest absolute Gasteiger partial charge is 0.280 e. The van der Waals surface area contributed by atoms with E-state index in [1.54, 1.807) is 0 Å². The Morgan fingerprint density at radius 3 is 1.80 bits per heavy atom. The van der Waals surface area contributed by atoms with Gasteiger partial charge in [0.2, 0.25) is 11.8 Å². The zero-order valence-electron chi connectivity index (χ0n) is 6.26. The van der Waals surface area contributed by atoms with Crippen molar-refractivity contribution in [3.8, 4) is 0 Å². The van der Waals surface area contributed by atoms with Gasteiger partial charge in [0.15, 0.2) is 0 Å². The van der Waals surface area contributed by atoms with Crippen LogP contribution < -0.4 is 0 Å². The van der Waals surface area contributed by atoms with Gasteiger partial charge in [-0.05, 0) is 13.8 Å². The Morgan fingerprint density at radius 1 is 1.20 bits per heavy atom. The normalized spacial score (nSPS) is 19.3. The van der Waals surface area contributed by atoms with Gasteiger partial charge >= 0.3 is 0 Å². The highest BCUT2D eigenvalue weighted by atomic mass is 16.2. The molecule has 2 amide bonds. The zero-order valence-corrected chi connectivity index (χ0v) is 6.26. The standard InChI is InChI=1S/C7H11NO2/c1-5(2)8-6(9)3-4-7(8)10/h5H,3-4H2,1-2H3. The predicted molar refractivity (Wildman–Crippen MR) is 36.2 cm³/mol. The molecule has 0 unspecified atom stereocenters. The van der Waals surface area contributed by atoms with Crippen LogP contribution in [0.15, 0.2) is 0 Å². The van der Waals surface area contributed by atoms with E-state index in [9.17, 15) is 9.59 Å². The number of hydrogen-bond donors (Lipinski definition) is 0. The topological polar surface area (TPSA) is 37.4 Å². The number of hydrogen-bond acceptors (Lipinski definition) is 2. The molecule has 0 N–H and O–H groups in total. The number of nitrogens with zero attached hydrogens (tertiary/aromatic N) is 1. The van der Waals surface area contributed by atoms with Gasteiger partial charge in [-0.3, -0.25) is 14.5 Å². The number of amides is 2. The van der Waals surface area contributed by atoms with Crippen LogP contribution in [-0.2, 0) is 9.59 Å². The summed E-state index contributed by atoms with van der Waals surface area (Å²) in [4.78, 5) is 23.2. The number of carbonyl (C=O) groups is 2. The summed E-state index contributed by atoms with van der Waals surface area (Å²) in [7, 11) is 0. The minimum atomic E-state index is -0.0278. The predicted octanol–water partition coefficient (Wildman–Crippen LogP) is 0.544. The van der Waals surface area contributed by atoms with Crippen molar-refractivity contribution in [2.45, 2.75) is 32.7 Å². The van der Waals surface area contributed by atoms with Gasteiger partial charge in [-0.15, -0.1) is 0 Å². The maximum Gasteiger partial charge on any atom is 0.229 e. The van der Waals surface area contributed by atoms with E-state index in [2.05, 4.69) is 0 Å². The molecule has 0 atom stereocenters. The van der Waals surface area contributed by atoms with Gasteiger partial charge in [0.05, 0.1) is 0 Å². The van der Waals surface area contributed by atoms with Gasteiger partial charge in [0, 0.05) is 18.9 Å². The van der Waals surface area contributed by atoms with Crippen LogP contribution in [0.2, 0.25) is 0 Å². The van der Waals surface area contributed by atoms with Crippen LogP contribution in [0.3, 0.4) is 0 Å². The fourth-order valence-electron chi connectivity index (χ4n) is 1.17. The molecule has 0 aromatic heterocycles. The van der Waals surface area contributed by atoms with E-state index < -0.39 is 0 Å². The number of carbonyl (C=O) groups excluding carboxylic acids is 2. The van der Waals surface area contributed by atoms with E-state index in [1.165, 1.54) is 4.90 Å². The molecule has 1 heterocycles. The van der Waals surface area contributed by atoms with Crippen molar-refractivity contribution in [1.82, 2.24) is 4.90 Å². The van der Waals surface area contributed by atoms with Crippen molar-refractivity contribution < 1.29 is 9.59 Å². The van der Waals surface area contributed by atoms with Gasteiger partial charge in [0.25, 0.3) is 0 Å². The monoisotopic (exact) mass is 141 g/mol. The molecule has 1 aliphatic rings. The van der Waals surface area contributed by atoms with E-state index in [4.69, 9.17) is 0 Å². The summed E-state index contributed by atoms with van der Waals surface area (Å²) in [5.41, 5.74) is 0. The quantitative estimate of drug-likeness (QED) is 0.500. The molecule has 10 heavy (non-hydrogen) atoms. The summed E-state index contributed by atoms with van der Waals surface area (Å²) in [5.74, 6) is -0.0556. The second-order valence-corrected chi connectivity index (χ2v) is 2.75. The van der Waals surface area contributed by atoms with E-state index in [-0.39, 0.29) is 17.9 Å². The molecule has 1 aliphatic heterocycles. The van der Waals surface area contributed by atoms with Crippen molar-refractivity contribution in [3.63, 3.8) is 0 Å². The first-order valence-corrected chi connectivity index (χ1v) is 3.48. The molecule has 0 saturated carbocycles. The molecule has 1 fully saturated rings. The maximum absolute atomic E-state index is 10.9. The molecule has 0 spiro atoms. The molecule has 1 saturated heterocycles. The second kappa shape index (κ2) is 2.40. The first kappa shape index (κ1) is 7.25. The van der Waals surface area contributed by atoms with Crippen molar-refractivity contribution >= 4 is 11.8 Å². The Balaban J connectivity index is 2.72. The Labute approximate surface area is 60.0 Å². The fourth-order valence-corrected chi connectivity index (χ4v) is 1.17. The van der Waals surface area contributed by atoms with Gasteiger partial charge in [-0.1, -0.05) is 0 Å². The van der Waals surface area contributed by atoms with Crippen LogP contribution in [0.5, 0.6) is 0 Å². The molecule has 0 aromatic rings. The van der Waals surface area contributed by atoms with Crippen molar-refractivity contribution in [2.75, 3.05) is 0 Å². The van der Waals surface area contributed by atoms with Crippen LogP contribution >= 0.6 is 0 Å². The maximum atomic E-state index is 10.9. The molecule has 3 heteroatoms. The van der Waals surface area contributed by atoms with Crippen molar-refractivity contribution in [1.29, 1.82) is 0 Å². The lowest BCUT2D eigenvalue weighted by Gasteiger charge is -2.17. The van der Waals surface area contributed by atoms with E-state index in [1.807, 2.05) is 13.8 Å². The summed E-state index contributed by atoms with van der Waals surface area (Å²) in [6.45, 7) is 3.70. The van der Waals surface area contributed by atoms with Crippen LogP contribution in [0.1, 0.15) is 26.7 Å². The second-order valence-electron chi connectivity index (χ2n) is 2.75. The Kier molecular flexibility index (Phi) is 1.74. The fraction of sp³-hybridized carbons (Fsp3) is 0.714. The molecular formula is C7H11NO2. The molecule has 0 aromatic carbocycles. The SMILES string of the molecule is CC(C)N1C(=O)CCC1=O. The van der Waals surface area contributed by atoms with Gasteiger partial charge in [0.1, 0.15) is 0 Å². The van der Waals surface area contributed by atoms with E-state index >= 15 is 0 Å². The molecule has 0 radical (unpaired) electrons. The Bertz CT molecular complexity index is 158. The molecular weight excluding hydrogens is 130 g/mol. The first-order valence-electron chi connectivity index (χ1n) is 3.48. The highest BCUT2D eigenvalue weighted by Gasteiger charge is 2.30. The third-order valence-electron chi connectivity index (χ3n) is 1.61. The van der Waals surface area contributed by atoms with E-state index in [0.717, 1.165) is 0 Å². The van der Waals surface area contributed by atoms with Crippen LogP contribution in [0.4, 0.5) is 0 Å². The van der Waals surface area contributed by atoms with Crippen LogP contribution in [0, 0.1) is 0 Å². The molecule has 56 valence electrons. The zero-order chi connectivity index (χ0) is 7.72. The lowest BCUT2D eigenvalue weighted by atomic mass is 10.3. The average Bonchev–Trinajstić information content (AvgIpc) is 2.11. The molecule has 3 nitrogen and oxygen atoms in total. The molecule has 0 bridgehead atoms. The molecule has 0 aliphatic carbocycles. The highest BCUT2D eigenvalue weighted by Crippen LogP contribution is 2.14. The average molecular weight is 141 g/mol. The van der Waals surface area contributed by atoms with Gasteiger partial charge in [-0.2, -0.15) is 0 Å². The highest BCUT2D eigenvalue weighted by molar-refractivity contribution is 6.02. The minimum absolute atomic E-state index is 0.0278. The summed E-state index contributed by atoms with van der Waals surface area (Å²) >= 11 is 0. The Hall–Kier alpha value is -0.860. The van der Waals surface area contributed by atoms with Gasteiger partial charge in [-0.25, -0.2) is 0 Å². The lowest BCUT2D eigenvalue weighted by molar-refractivity contribution is -0.140. The minimum Gasteiger partial charge on any atom is -0.280 e. The summed E-state index contributed by atoms with van der Waals surface area (Å²) in [6.07, 6.45) is 0.800. The number of rotatable bonds is 1. The summed E-state index contributed by atoms with van der Waals surface area (Å²) in [5, 5.41) is 0.